The highest BCUT2D eigenvalue weighted by Gasteiger charge is 2.25. The fourth-order valence-corrected chi connectivity index (χ4v) is 2.90. The fraction of sp³-hybridized carbons (Fsp3) is 0.600. The fourth-order valence-electron chi connectivity index (χ4n) is 2.90. The van der Waals surface area contributed by atoms with Gasteiger partial charge in [-0.1, -0.05) is 0 Å². The molecule has 2 N–H and O–H groups in total. The summed E-state index contributed by atoms with van der Waals surface area (Å²) in [7, 11) is 0. The lowest BCUT2D eigenvalue weighted by Crippen LogP contribution is -2.43. The molecule has 2 atom stereocenters. The molecule has 0 bridgehead atoms. The second kappa shape index (κ2) is 6.59. The Hall–Kier alpha value is -1.78. The molecule has 1 aliphatic heterocycles. The lowest BCUT2D eigenvalue weighted by Gasteiger charge is -2.41. The maximum absolute atomic E-state index is 11.6. The number of rotatable bonds is 3. The standard InChI is InChI=1S/C15H24N4O/c1-4-16-15(20)18-14-10-13(8-9-17-14)19-11(2)6-5-7-12(19)3/h8-12H,4-7H2,1-3H3,(H2,16,17,18,20). The molecule has 0 saturated carbocycles. The van der Waals surface area contributed by atoms with Gasteiger partial charge in [0.05, 0.1) is 0 Å². The van der Waals surface area contributed by atoms with Crippen LogP contribution < -0.4 is 15.5 Å². The van der Waals surface area contributed by atoms with Crippen LogP contribution in [0.4, 0.5) is 16.3 Å². The Morgan fingerprint density at radius 1 is 1.40 bits per heavy atom. The van der Waals surface area contributed by atoms with Crippen LogP contribution in [0.3, 0.4) is 0 Å². The van der Waals surface area contributed by atoms with Crippen LogP contribution in [0.15, 0.2) is 18.3 Å². The number of hydrogen-bond acceptors (Lipinski definition) is 3. The molecule has 0 aromatic carbocycles. The summed E-state index contributed by atoms with van der Waals surface area (Å²) in [6, 6.07) is 4.81. The van der Waals surface area contributed by atoms with Gasteiger partial charge in [-0.05, 0) is 46.1 Å². The van der Waals surface area contributed by atoms with E-state index in [4.69, 9.17) is 0 Å². The van der Waals surface area contributed by atoms with E-state index in [0.29, 0.717) is 24.4 Å². The predicted octanol–water partition coefficient (Wildman–Crippen LogP) is 2.99. The Labute approximate surface area is 120 Å². The van der Waals surface area contributed by atoms with Gasteiger partial charge in [0, 0.05) is 36.6 Å². The van der Waals surface area contributed by atoms with Crippen molar-refractivity contribution < 1.29 is 4.79 Å². The first kappa shape index (κ1) is 14.6. The third-order valence-electron chi connectivity index (χ3n) is 3.81. The number of carbonyl (C=O) groups is 1. The van der Waals surface area contributed by atoms with Crippen LogP contribution in [0, 0.1) is 0 Å². The van der Waals surface area contributed by atoms with Gasteiger partial charge in [0.15, 0.2) is 0 Å². The summed E-state index contributed by atoms with van der Waals surface area (Å²) < 4.78 is 0. The monoisotopic (exact) mass is 276 g/mol. The lowest BCUT2D eigenvalue weighted by atomic mass is 9.97. The lowest BCUT2D eigenvalue weighted by molar-refractivity contribution is 0.252. The summed E-state index contributed by atoms with van der Waals surface area (Å²) in [5, 5.41) is 5.47. The van der Waals surface area contributed by atoms with Crippen LogP contribution in [0.25, 0.3) is 0 Å². The number of aromatic nitrogens is 1. The second-order valence-corrected chi connectivity index (χ2v) is 5.42. The highest BCUT2D eigenvalue weighted by atomic mass is 16.2. The van der Waals surface area contributed by atoms with Crippen molar-refractivity contribution in [3.63, 3.8) is 0 Å². The van der Waals surface area contributed by atoms with Crippen molar-refractivity contribution in [2.45, 2.75) is 52.1 Å². The van der Waals surface area contributed by atoms with Crippen molar-refractivity contribution in [3.8, 4) is 0 Å². The number of anilines is 2. The van der Waals surface area contributed by atoms with E-state index < -0.39 is 0 Å². The highest BCUT2D eigenvalue weighted by molar-refractivity contribution is 5.88. The zero-order chi connectivity index (χ0) is 14.5. The minimum atomic E-state index is -0.211. The van der Waals surface area contributed by atoms with E-state index in [1.54, 1.807) is 6.20 Å². The number of nitrogens with zero attached hydrogens (tertiary/aromatic N) is 2. The molecule has 1 aromatic rings. The van der Waals surface area contributed by atoms with Crippen LogP contribution in [-0.2, 0) is 0 Å². The molecule has 2 amide bonds. The quantitative estimate of drug-likeness (QED) is 0.892. The molecule has 0 radical (unpaired) electrons. The number of carbonyl (C=O) groups excluding carboxylic acids is 1. The Balaban J connectivity index is 2.14. The minimum Gasteiger partial charge on any atom is -0.366 e. The summed E-state index contributed by atoms with van der Waals surface area (Å²) in [5.41, 5.74) is 1.13. The third-order valence-corrected chi connectivity index (χ3v) is 3.81. The van der Waals surface area contributed by atoms with Crippen molar-refractivity contribution in [2.75, 3.05) is 16.8 Å². The molecule has 1 fully saturated rings. The van der Waals surface area contributed by atoms with E-state index in [9.17, 15) is 4.79 Å². The smallest absolute Gasteiger partial charge is 0.320 e. The molecule has 5 nitrogen and oxygen atoms in total. The molecule has 0 aliphatic carbocycles. The zero-order valence-corrected chi connectivity index (χ0v) is 12.5. The summed E-state index contributed by atoms with van der Waals surface area (Å²) >= 11 is 0. The molecule has 2 rings (SSSR count). The van der Waals surface area contributed by atoms with Crippen LogP contribution in [0.5, 0.6) is 0 Å². The average Bonchev–Trinajstić information content (AvgIpc) is 2.39. The molecule has 20 heavy (non-hydrogen) atoms. The van der Waals surface area contributed by atoms with E-state index in [-0.39, 0.29) is 6.03 Å². The number of urea groups is 1. The molecular weight excluding hydrogens is 252 g/mol. The van der Waals surface area contributed by atoms with Crippen molar-refractivity contribution in [3.05, 3.63) is 18.3 Å². The minimum absolute atomic E-state index is 0.211. The van der Waals surface area contributed by atoms with E-state index in [2.05, 4.69) is 34.4 Å². The maximum atomic E-state index is 11.6. The highest BCUT2D eigenvalue weighted by Crippen LogP contribution is 2.29. The van der Waals surface area contributed by atoms with E-state index >= 15 is 0 Å². The van der Waals surface area contributed by atoms with Crippen molar-refractivity contribution in [1.82, 2.24) is 10.3 Å². The van der Waals surface area contributed by atoms with Gasteiger partial charge in [0.1, 0.15) is 5.82 Å². The van der Waals surface area contributed by atoms with Gasteiger partial charge in [0.25, 0.3) is 0 Å². The van der Waals surface area contributed by atoms with Gasteiger partial charge in [-0.25, -0.2) is 9.78 Å². The largest absolute Gasteiger partial charge is 0.366 e. The molecule has 1 aromatic heterocycles. The molecule has 1 aliphatic rings. The number of pyridine rings is 1. The average molecular weight is 276 g/mol. The van der Waals surface area contributed by atoms with Gasteiger partial charge in [-0.3, -0.25) is 5.32 Å². The zero-order valence-electron chi connectivity index (χ0n) is 12.5. The Morgan fingerprint density at radius 3 is 2.75 bits per heavy atom. The van der Waals surface area contributed by atoms with Gasteiger partial charge in [0.2, 0.25) is 0 Å². The Bertz CT molecular complexity index is 453. The normalized spacial score (nSPS) is 22.4. The maximum Gasteiger partial charge on any atom is 0.320 e. The first-order valence-corrected chi connectivity index (χ1v) is 7.41. The van der Waals surface area contributed by atoms with E-state index in [0.717, 1.165) is 5.69 Å². The van der Waals surface area contributed by atoms with Crippen LogP contribution in [0.1, 0.15) is 40.0 Å². The topological polar surface area (TPSA) is 57.3 Å². The molecule has 2 unspecified atom stereocenters. The molecule has 1 saturated heterocycles. The number of nitrogens with one attached hydrogen (secondary N) is 2. The summed E-state index contributed by atoms with van der Waals surface area (Å²) in [4.78, 5) is 18.2. The van der Waals surface area contributed by atoms with Crippen LogP contribution >= 0.6 is 0 Å². The first-order chi connectivity index (χ1) is 9.61. The summed E-state index contributed by atoms with van der Waals surface area (Å²) in [6.07, 6.45) is 5.47. The molecular formula is C15H24N4O. The SMILES string of the molecule is CCNC(=O)Nc1cc(N2C(C)CCCC2C)ccn1. The van der Waals surface area contributed by atoms with E-state index in [1.165, 1.54) is 19.3 Å². The molecule has 5 heteroatoms. The predicted molar refractivity (Wildman–Crippen MR) is 82.2 cm³/mol. The number of hydrogen-bond donors (Lipinski definition) is 2. The van der Waals surface area contributed by atoms with Gasteiger partial charge < -0.3 is 10.2 Å². The molecule has 110 valence electrons. The number of piperidine rings is 1. The van der Waals surface area contributed by atoms with Crippen molar-refractivity contribution in [2.24, 2.45) is 0 Å². The third kappa shape index (κ3) is 3.40. The number of amides is 2. The van der Waals surface area contributed by atoms with Crippen LogP contribution in [-0.4, -0.2) is 29.6 Å². The van der Waals surface area contributed by atoms with E-state index in [1.807, 2.05) is 19.1 Å². The first-order valence-electron chi connectivity index (χ1n) is 7.41. The van der Waals surface area contributed by atoms with Gasteiger partial charge in [-0.2, -0.15) is 0 Å². The molecule has 0 spiro atoms. The van der Waals surface area contributed by atoms with Gasteiger partial charge in [-0.15, -0.1) is 0 Å². The van der Waals surface area contributed by atoms with Gasteiger partial charge >= 0.3 is 6.03 Å². The second-order valence-electron chi connectivity index (χ2n) is 5.42. The van der Waals surface area contributed by atoms with Crippen molar-refractivity contribution in [1.29, 1.82) is 0 Å². The Morgan fingerprint density at radius 2 is 2.10 bits per heavy atom. The molecule has 2 heterocycles. The Kier molecular flexibility index (Phi) is 4.82. The summed E-state index contributed by atoms with van der Waals surface area (Å²) in [5.74, 6) is 0.596. The van der Waals surface area contributed by atoms with Crippen LogP contribution in [0.2, 0.25) is 0 Å². The summed E-state index contributed by atoms with van der Waals surface area (Å²) in [6.45, 7) is 7.01. The van der Waals surface area contributed by atoms with Crippen molar-refractivity contribution >= 4 is 17.5 Å².